The molecule has 29 heavy (non-hydrogen) atoms. The lowest BCUT2D eigenvalue weighted by molar-refractivity contribution is -0.116. The Balaban J connectivity index is 1.51. The van der Waals surface area contributed by atoms with Gasteiger partial charge in [0.15, 0.2) is 5.75 Å². The molecule has 2 amide bonds. The summed E-state index contributed by atoms with van der Waals surface area (Å²) in [6.45, 7) is 3.79. The van der Waals surface area contributed by atoms with Crippen LogP contribution in [0.3, 0.4) is 0 Å². The molecule has 0 saturated heterocycles. The van der Waals surface area contributed by atoms with Crippen LogP contribution in [0, 0.1) is 0 Å². The lowest BCUT2D eigenvalue weighted by Crippen LogP contribution is -2.32. The normalized spacial score (nSPS) is 12.7. The molecule has 0 unspecified atom stereocenters. The number of hydrogen-bond donors (Lipinski definition) is 1. The van der Waals surface area contributed by atoms with Gasteiger partial charge in [0, 0.05) is 21.8 Å². The van der Waals surface area contributed by atoms with Crippen LogP contribution < -0.4 is 10.1 Å². The van der Waals surface area contributed by atoms with E-state index in [1.807, 2.05) is 42.5 Å². The summed E-state index contributed by atoms with van der Waals surface area (Å²) < 4.78 is 5.86. The van der Waals surface area contributed by atoms with E-state index in [1.54, 1.807) is 30.3 Å². The fourth-order valence-electron chi connectivity index (χ4n) is 3.14. The number of ether oxygens (including phenoxy) is 1. The van der Waals surface area contributed by atoms with E-state index in [0.717, 1.165) is 5.56 Å². The van der Waals surface area contributed by atoms with Gasteiger partial charge in [-0.3, -0.25) is 14.5 Å². The second-order valence-electron chi connectivity index (χ2n) is 6.49. The van der Waals surface area contributed by atoms with E-state index in [-0.39, 0.29) is 18.4 Å². The van der Waals surface area contributed by atoms with E-state index in [2.05, 4.69) is 11.9 Å². The van der Waals surface area contributed by atoms with E-state index in [1.165, 1.54) is 4.90 Å². The van der Waals surface area contributed by atoms with Gasteiger partial charge >= 0.3 is 0 Å². The first-order valence-corrected chi connectivity index (χ1v) is 9.33. The molecule has 5 nitrogen and oxygen atoms in total. The Labute approximate surface area is 173 Å². The van der Waals surface area contributed by atoms with Gasteiger partial charge in [-0.25, -0.2) is 0 Å². The second-order valence-corrected chi connectivity index (χ2v) is 6.92. The van der Waals surface area contributed by atoms with Crippen LogP contribution in [0.15, 0.2) is 79.4 Å². The van der Waals surface area contributed by atoms with E-state index in [9.17, 15) is 9.59 Å². The van der Waals surface area contributed by atoms with E-state index >= 15 is 0 Å². The van der Waals surface area contributed by atoms with Gasteiger partial charge in [-0.1, -0.05) is 54.6 Å². The number of nitrogens with one attached hydrogen (secondary N) is 1. The zero-order chi connectivity index (χ0) is 20.4. The molecule has 3 aromatic carbocycles. The Morgan fingerprint density at radius 2 is 1.69 bits per heavy atom. The molecule has 0 saturated carbocycles. The molecule has 0 spiro atoms. The first kappa shape index (κ1) is 18.8. The van der Waals surface area contributed by atoms with Crippen molar-refractivity contribution in [1.82, 2.24) is 4.90 Å². The highest BCUT2D eigenvalue weighted by Crippen LogP contribution is 2.33. The summed E-state index contributed by atoms with van der Waals surface area (Å²) in [4.78, 5) is 26.6. The maximum Gasteiger partial charge on any atom is 0.259 e. The average Bonchev–Trinajstić information content (AvgIpc) is 2.96. The summed E-state index contributed by atoms with van der Waals surface area (Å²) >= 11 is 6.10. The van der Waals surface area contributed by atoms with E-state index < -0.39 is 0 Å². The van der Waals surface area contributed by atoms with Crippen molar-refractivity contribution >= 4 is 34.8 Å². The third-order valence-corrected chi connectivity index (χ3v) is 4.76. The molecule has 1 aliphatic heterocycles. The highest BCUT2D eigenvalue weighted by Gasteiger charge is 2.32. The molecule has 144 valence electrons. The molecule has 0 aromatic heterocycles. The summed E-state index contributed by atoms with van der Waals surface area (Å²) in [5, 5.41) is 3.24. The zero-order valence-electron chi connectivity index (χ0n) is 15.4. The minimum atomic E-state index is -0.382. The number of amides is 2. The van der Waals surface area contributed by atoms with E-state index in [4.69, 9.17) is 16.3 Å². The second kappa shape index (κ2) is 7.81. The molecular weight excluding hydrogens is 388 g/mol. The molecule has 1 aliphatic rings. The Hall–Kier alpha value is -3.57. The number of carbonyl (C=O) groups is 2. The van der Waals surface area contributed by atoms with Crippen LogP contribution in [-0.2, 0) is 4.79 Å². The predicted molar refractivity (Wildman–Crippen MR) is 113 cm³/mol. The predicted octanol–water partition coefficient (Wildman–Crippen LogP) is 5.20. The van der Waals surface area contributed by atoms with Gasteiger partial charge in [0.1, 0.15) is 12.3 Å². The monoisotopic (exact) mass is 404 g/mol. The van der Waals surface area contributed by atoms with Crippen molar-refractivity contribution in [2.45, 2.75) is 0 Å². The number of rotatable bonds is 5. The molecule has 1 N–H and O–H groups in total. The van der Waals surface area contributed by atoms with Crippen LogP contribution in [0.4, 0.5) is 5.69 Å². The third-order valence-electron chi connectivity index (χ3n) is 4.53. The number of fused-ring (bicyclic) bond motifs is 1. The van der Waals surface area contributed by atoms with Crippen LogP contribution in [0.5, 0.6) is 11.5 Å². The molecule has 6 heteroatoms. The van der Waals surface area contributed by atoms with Gasteiger partial charge in [-0.05, 0) is 36.4 Å². The topological polar surface area (TPSA) is 58.6 Å². The summed E-state index contributed by atoms with van der Waals surface area (Å²) in [6, 6.07) is 21.3. The largest absolute Gasteiger partial charge is 0.455 e. The molecule has 0 radical (unpaired) electrons. The maximum absolute atomic E-state index is 12.7. The van der Waals surface area contributed by atoms with Crippen molar-refractivity contribution < 1.29 is 14.3 Å². The third kappa shape index (κ3) is 3.86. The number of halogens is 1. The van der Waals surface area contributed by atoms with Gasteiger partial charge < -0.3 is 10.1 Å². The van der Waals surface area contributed by atoms with Crippen molar-refractivity contribution in [2.75, 3.05) is 11.9 Å². The number of hydrogen-bond acceptors (Lipinski definition) is 3. The highest BCUT2D eigenvalue weighted by molar-refractivity contribution is 6.31. The fraction of sp³-hybridized carbons (Fsp3) is 0.0435. The quantitative estimate of drug-likeness (QED) is 0.636. The van der Waals surface area contributed by atoms with Gasteiger partial charge in [0.05, 0.1) is 5.69 Å². The van der Waals surface area contributed by atoms with Crippen molar-refractivity contribution in [2.24, 2.45) is 0 Å². The molecular formula is C23H17ClN2O3. The standard InChI is InChI=1S/C23H17ClN2O3/c1-15-18-9-5-6-10-19(18)23(28)26(15)14-22(27)25-20-13-16(24)11-12-21(20)29-17-7-3-2-4-8-17/h2-13H,1,14H2,(H,25,27). The fourth-order valence-corrected chi connectivity index (χ4v) is 3.31. The zero-order valence-corrected chi connectivity index (χ0v) is 16.1. The van der Waals surface area contributed by atoms with Gasteiger partial charge in [-0.15, -0.1) is 0 Å². The number of para-hydroxylation sites is 1. The molecule has 1 heterocycles. The van der Waals surface area contributed by atoms with Crippen LogP contribution in [-0.4, -0.2) is 23.3 Å². The maximum atomic E-state index is 12.7. The number of carbonyl (C=O) groups excluding carboxylic acids is 2. The number of nitrogens with zero attached hydrogens (tertiary/aromatic N) is 1. The SMILES string of the molecule is C=C1c2ccccc2C(=O)N1CC(=O)Nc1cc(Cl)ccc1Oc1ccccc1. The van der Waals surface area contributed by atoms with Crippen LogP contribution in [0.2, 0.25) is 5.02 Å². The molecule has 0 aliphatic carbocycles. The Morgan fingerprint density at radius 1 is 1.00 bits per heavy atom. The average molecular weight is 405 g/mol. The van der Waals surface area contributed by atoms with Crippen LogP contribution in [0.25, 0.3) is 5.70 Å². The first-order valence-electron chi connectivity index (χ1n) is 8.95. The van der Waals surface area contributed by atoms with E-state index in [0.29, 0.717) is 33.5 Å². The van der Waals surface area contributed by atoms with Crippen molar-refractivity contribution in [1.29, 1.82) is 0 Å². The van der Waals surface area contributed by atoms with Crippen molar-refractivity contribution in [3.63, 3.8) is 0 Å². The summed E-state index contributed by atoms with van der Waals surface area (Å²) in [7, 11) is 0. The smallest absolute Gasteiger partial charge is 0.259 e. The Bertz CT molecular complexity index is 1080. The van der Waals surface area contributed by atoms with Crippen LogP contribution >= 0.6 is 11.6 Å². The molecule has 0 fully saturated rings. The molecule has 0 atom stereocenters. The Morgan fingerprint density at radius 3 is 2.41 bits per heavy atom. The highest BCUT2D eigenvalue weighted by atomic mass is 35.5. The first-order chi connectivity index (χ1) is 14.0. The van der Waals surface area contributed by atoms with Gasteiger partial charge in [0.2, 0.25) is 5.91 Å². The Kier molecular flexibility index (Phi) is 5.06. The van der Waals surface area contributed by atoms with Gasteiger partial charge in [-0.2, -0.15) is 0 Å². The lowest BCUT2D eigenvalue weighted by Gasteiger charge is -2.18. The van der Waals surface area contributed by atoms with Crippen molar-refractivity contribution in [3.05, 3.63) is 95.5 Å². The minimum Gasteiger partial charge on any atom is -0.455 e. The lowest BCUT2D eigenvalue weighted by atomic mass is 10.1. The van der Waals surface area contributed by atoms with Gasteiger partial charge in [0.25, 0.3) is 5.91 Å². The molecule has 0 bridgehead atoms. The van der Waals surface area contributed by atoms with Crippen molar-refractivity contribution in [3.8, 4) is 11.5 Å². The summed E-state index contributed by atoms with van der Waals surface area (Å²) in [5.41, 5.74) is 2.20. The number of benzene rings is 3. The number of anilines is 1. The van der Waals surface area contributed by atoms with Crippen LogP contribution in [0.1, 0.15) is 15.9 Å². The summed E-state index contributed by atoms with van der Waals surface area (Å²) in [6.07, 6.45) is 0. The minimum absolute atomic E-state index is 0.163. The molecule has 3 aromatic rings. The molecule has 4 rings (SSSR count). The summed E-state index contributed by atoms with van der Waals surface area (Å²) in [5.74, 6) is 0.452.